The first-order chi connectivity index (χ1) is 17.6. The summed E-state index contributed by atoms with van der Waals surface area (Å²) in [6.45, 7) is 5.55. The van der Waals surface area contributed by atoms with E-state index >= 15 is 0 Å². The predicted molar refractivity (Wildman–Crippen MR) is 147 cm³/mol. The highest BCUT2D eigenvalue weighted by molar-refractivity contribution is 6.40. The van der Waals surface area contributed by atoms with Crippen molar-refractivity contribution < 1.29 is 19.1 Å². The smallest absolute Gasteiger partial charge is 0.303 e. The Morgan fingerprint density at radius 2 is 1.84 bits per heavy atom. The predicted octanol–water partition coefficient (Wildman–Crippen LogP) is 5.69. The van der Waals surface area contributed by atoms with E-state index in [-0.39, 0.29) is 29.4 Å². The minimum absolute atomic E-state index is 0.0349. The number of hydrogen-bond acceptors (Lipinski definition) is 5. The first kappa shape index (κ1) is 26.0. The second-order valence-electron chi connectivity index (χ2n) is 12.0. The lowest BCUT2D eigenvalue weighted by molar-refractivity contribution is -0.182. The second kappa shape index (κ2) is 9.60. The quantitative estimate of drug-likeness (QED) is 0.371. The highest BCUT2D eigenvalue weighted by Crippen LogP contribution is 2.68. The zero-order chi connectivity index (χ0) is 26.5. The van der Waals surface area contributed by atoms with Gasteiger partial charge in [-0.25, -0.2) is 0 Å². The first-order valence-corrected chi connectivity index (χ1v) is 13.9. The number of carbonyl (C=O) groups excluding carboxylic acids is 3. The summed E-state index contributed by atoms with van der Waals surface area (Å²) in [5, 5.41) is 0. The lowest BCUT2D eigenvalue weighted by Crippen LogP contribution is -2.57. The van der Waals surface area contributed by atoms with Crippen molar-refractivity contribution in [2.75, 3.05) is 19.0 Å². The third-order valence-electron chi connectivity index (χ3n) is 9.82. The van der Waals surface area contributed by atoms with E-state index < -0.39 is 11.0 Å². The molecule has 0 bridgehead atoms. The molecule has 4 aliphatic carbocycles. The average Bonchev–Trinajstić information content (AvgIpc) is 3.15. The fraction of sp³-hybridized carbons (Fsp3) is 0.581. The topological polar surface area (TPSA) is 63.7 Å². The molecule has 0 amide bonds. The Hall–Kier alpha value is -2.63. The van der Waals surface area contributed by atoms with Crippen LogP contribution in [0.3, 0.4) is 0 Å². The number of nitrogens with zero attached hydrogens (tertiary/aromatic N) is 1. The molecule has 0 aromatic heterocycles. The van der Waals surface area contributed by atoms with Crippen molar-refractivity contribution in [3.8, 4) is 0 Å². The van der Waals surface area contributed by atoms with Gasteiger partial charge in [-0.2, -0.15) is 0 Å². The molecule has 6 heteroatoms. The molecule has 5 nitrogen and oxygen atoms in total. The van der Waals surface area contributed by atoms with E-state index in [1.165, 1.54) is 29.2 Å². The number of fused-ring (bicyclic) bond motifs is 4. The van der Waals surface area contributed by atoms with Crippen LogP contribution in [0.25, 0.3) is 0 Å². The summed E-state index contributed by atoms with van der Waals surface area (Å²) in [5.41, 5.74) is 4.94. The molecule has 1 aromatic carbocycles. The molecule has 0 heterocycles. The number of hydrogen-bond donors (Lipinski definition) is 0. The summed E-state index contributed by atoms with van der Waals surface area (Å²) in [5.74, 6) is 0.622. The lowest BCUT2D eigenvalue weighted by Gasteiger charge is -2.55. The van der Waals surface area contributed by atoms with Crippen LogP contribution in [0.4, 0.5) is 5.69 Å². The number of anilines is 1. The number of allylic oxidation sites excluding steroid dienone is 4. The van der Waals surface area contributed by atoms with Gasteiger partial charge in [0.15, 0.2) is 17.2 Å². The molecule has 3 unspecified atom stereocenters. The van der Waals surface area contributed by atoms with Crippen molar-refractivity contribution in [2.45, 2.75) is 83.5 Å². The molecule has 37 heavy (non-hydrogen) atoms. The number of esters is 1. The molecular formula is C31H39BNO4. The molecule has 195 valence electrons. The maximum atomic E-state index is 13.8. The normalized spacial score (nSPS) is 32.6. The Kier molecular flexibility index (Phi) is 6.74. The zero-order valence-electron chi connectivity index (χ0n) is 22.9. The van der Waals surface area contributed by atoms with Crippen LogP contribution in [-0.4, -0.2) is 44.5 Å². The van der Waals surface area contributed by atoms with E-state index in [0.717, 1.165) is 37.8 Å². The Labute approximate surface area is 221 Å². The maximum Gasteiger partial charge on any atom is 0.303 e. The van der Waals surface area contributed by atoms with E-state index in [9.17, 15) is 14.4 Å². The molecule has 0 N–H and O–H groups in total. The largest absolute Gasteiger partial charge is 0.451 e. The van der Waals surface area contributed by atoms with Gasteiger partial charge in [-0.1, -0.05) is 31.5 Å². The van der Waals surface area contributed by atoms with Gasteiger partial charge in [0.25, 0.3) is 0 Å². The highest BCUT2D eigenvalue weighted by atomic mass is 16.6. The van der Waals surface area contributed by atoms with Crippen molar-refractivity contribution in [1.29, 1.82) is 0 Å². The van der Waals surface area contributed by atoms with Gasteiger partial charge >= 0.3 is 5.97 Å². The van der Waals surface area contributed by atoms with Gasteiger partial charge in [0.1, 0.15) is 7.28 Å². The first-order valence-electron chi connectivity index (χ1n) is 13.9. The van der Waals surface area contributed by atoms with Crippen molar-refractivity contribution in [2.24, 2.45) is 17.3 Å². The Morgan fingerprint density at radius 3 is 2.49 bits per heavy atom. The average molecular weight is 500 g/mol. The molecule has 1 radical (unpaired) electrons. The van der Waals surface area contributed by atoms with E-state index in [1.807, 2.05) is 34.3 Å². The Bertz CT molecular complexity index is 1180. The molecular weight excluding hydrogens is 461 g/mol. The van der Waals surface area contributed by atoms with E-state index in [4.69, 9.17) is 4.74 Å². The van der Waals surface area contributed by atoms with Crippen LogP contribution >= 0.6 is 0 Å². The molecule has 0 saturated heterocycles. The standard InChI is InChI=1S/C31H39BNO4/c1-19(34)37-31(28(36)18-32-3)15-14-27-25-12-8-21-16-23(35)11-13-24(21)29(25)26(17-30(27,31)2)20-6-9-22(10-7-20)33(4)5/h6-7,9-10,16,25-27H,8,11-15,17-18H2,1-5H3/t25?,26?,27?,30-,31-/m0/s1. The number of Topliss-reactive ketones (excluding diaryl/α,β-unsaturated/α-hetero) is 1. The van der Waals surface area contributed by atoms with Crippen LogP contribution in [0, 0.1) is 17.3 Å². The van der Waals surface area contributed by atoms with E-state index in [1.54, 1.807) is 0 Å². The minimum Gasteiger partial charge on any atom is -0.451 e. The highest BCUT2D eigenvalue weighted by Gasteiger charge is 2.67. The van der Waals surface area contributed by atoms with Crippen molar-refractivity contribution in [3.05, 3.63) is 52.6 Å². The van der Waals surface area contributed by atoms with Gasteiger partial charge in [0, 0.05) is 44.5 Å². The summed E-state index contributed by atoms with van der Waals surface area (Å²) in [7, 11) is 5.97. The summed E-state index contributed by atoms with van der Waals surface area (Å²) in [4.78, 5) is 40.6. The number of carbonyl (C=O) groups is 3. The van der Waals surface area contributed by atoms with Gasteiger partial charge in [0.05, 0.1) is 0 Å². The molecule has 2 saturated carbocycles. The molecule has 0 spiro atoms. The summed E-state index contributed by atoms with van der Waals surface area (Å²) in [6.07, 6.45) is 7.71. The van der Waals surface area contributed by atoms with Crippen molar-refractivity contribution in [3.63, 3.8) is 0 Å². The van der Waals surface area contributed by atoms with Crippen molar-refractivity contribution in [1.82, 2.24) is 0 Å². The Morgan fingerprint density at radius 1 is 1.11 bits per heavy atom. The summed E-state index contributed by atoms with van der Waals surface area (Å²) in [6, 6.07) is 8.78. The minimum atomic E-state index is -1.09. The van der Waals surface area contributed by atoms with Gasteiger partial charge in [-0.15, -0.1) is 0 Å². The molecule has 0 aliphatic heterocycles. The number of rotatable bonds is 6. The molecule has 5 rings (SSSR count). The van der Waals surface area contributed by atoms with Crippen LogP contribution < -0.4 is 4.90 Å². The van der Waals surface area contributed by atoms with Crippen LogP contribution in [0.15, 0.2) is 47.1 Å². The molecule has 4 aliphatic rings. The third kappa shape index (κ3) is 4.11. The summed E-state index contributed by atoms with van der Waals surface area (Å²) >= 11 is 0. The third-order valence-corrected chi connectivity index (χ3v) is 9.82. The van der Waals surface area contributed by atoms with E-state index in [0.29, 0.717) is 25.1 Å². The number of benzene rings is 1. The van der Waals surface area contributed by atoms with Crippen LogP contribution in [-0.2, 0) is 19.1 Å². The number of ketones is 2. The SMILES string of the molecule is C[B]CC(=O)[C@@]1(OC(C)=O)CCC2C3CCC4=CC(=O)CCC4=C3C(c3ccc(N(C)C)cc3)C[C@@]21C. The van der Waals surface area contributed by atoms with Crippen LogP contribution in [0.2, 0.25) is 13.1 Å². The molecule has 5 atom stereocenters. The maximum absolute atomic E-state index is 13.8. The van der Waals surface area contributed by atoms with Gasteiger partial charge < -0.3 is 9.64 Å². The zero-order valence-corrected chi connectivity index (χ0v) is 22.9. The Balaban J connectivity index is 1.68. The van der Waals surface area contributed by atoms with Crippen LogP contribution in [0.5, 0.6) is 0 Å². The van der Waals surface area contributed by atoms with Crippen molar-refractivity contribution >= 4 is 30.5 Å². The molecule has 1 aromatic rings. The fourth-order valence-corrected chi connectivity index (χ4v) is 8.23. The lowest BCUT2D eigenvalue weighted by atomic mass is 9.50. The monoisotopic (exact) mass is 500 g/mol. The number of ether oxygens (including phenoxy) is 1. The van der Waals surface area contributed by atoms with Gasteiger partial charge in [-0.05, 0) is 91.6 Å². The summed E-state index contributed by atoms with van der Waals surface area (Å²) < 4.78 is 6.13. The molecule has 2 fully saturated rings. The van der Waals surface area contributed by atoms with E-state index in [2.05, 4.69) is 36.1 Å². The fourth-order valence-electron chi connectivity index (χ4n) is 8.23. The van der Waals surface area contributed by atoms with Crippen LogP contribution in [0.1, 0.15) is 70.3 Å². The van der Waals surface area contributed by atoms with Gasteiger partial charge in [-0.3, -0.25) is 14.4 Å². The van der Waals surface area contributed by atoms with Gasteiger partial charge in [0.2, 0.25) is 0 Å². The second-order valence-corrected chi connectivity index (χ2v) is 12.0.